The lowest BCUT2D eigenvalue weighted by atomic mass is 10.3. The minimum absolute atomic E-state index is 0.138. The molecule has 6 nitrogen and oxygen atoms in total. The third-order valence-corrected chi connectivity index (χ3v) is 1.99. The first-order valence-corrected chi connectivity index (χ1v) is 5.63. The number of hydrogen-bond acceptors (Lipinski definition) is 4. The zero-order valence-corrected chi connectivity index (χ0v) is 10.5. The monoisotopic (exact) mass is 267 g/mol. The van der Waals surface area contributed by atoms with Gasteiger partial charge < -0.3 is 10.1 Å². The first kappa shape index (κ1) is 13.9. The van der Waals surface area contributed by atoms with Crippen LogP contribution in [-0.2, 0) is 14.3 Å². The van der Waals surface area contributed by atoms with Crippen LogP contribution in [0.3, 0.4) is 0 Å². The van der Waals surface area contributed by atoms with Gasteiger partial charge in [-0.3, -0.25) is 15.6 Å². The van der Waals surface area contributed by atoms with E-state index in [1.807, 2.05) is 18.2 Å². The largest absolute Gasteiger partial charge is 0.459 e. The summed E-state index contributed by atoms with van der Waals surface area (Å²) in [5.74, 6) is -1.87. The quantitative estimate of drug-likeness (QED) is 0.315. The fraction of sp³-hybridized carbons (Fsp3) is 0.182. The Labute approximate surface area is 110 Å². The van der Waals surface area contributed by atoms with Gasteiger partial charge >= 0.3 is 11.9 Å². The summed E-state index contributed by atoms with van der Waals surface area (Å²) in [4.78, 5) is 22.1. The molecule has 3 N–H and O–H groups in total. The summed E-state index contributed by atoms with van der Waals surface area (Å²) in [6.45, 7) is 1.75. The lowest BCUT2D eigenvalue weighted by Gasteiger charge is -2.10. The van der Waals surface area contributed by atoms with E-state index in [4.69, 9.17) is 12.2 Å². The van der Waals surface area contributed by atoms with Gasteiger partial charge in [-0.05, 0) is 31.3 Å². The summed E-state index contributed by atoms with van der Waals surface area (Å²) >= 11 is 4.92. The summed E-state index contributed by atoms with van der Waals surface area (Å²) in [5, 5.41) is 2.99. The Hall–Kier alpha value is -2.15. The summed E-state index contributed by atoms with van der Waals surface area (Å²) < 4.78 is 4.50. The Morgan fingerprint density at radius 2 is 1.89 bits per heavy atom. The van der Waals surface area contributed by atoms with Crippen LogP contribution in [0, 0.1) is 0 Å². The lowest BCUT2D eigenvalue weighted by molar-refractivity contribution is -0.154. The molecule has 0 aliphatic carbocycles. The fourth-order valence-corrected chi connectivity index (χ4v) is 1.21. The first-order chi connectivity index (χ1) is 8.63. The maximum atomic E-state index is 11.2. The molecule has 0 aromatic heterocycles. The van der Waals surface area contributed by atoms with Crippen LogP contribution in [0.4, 0.5) is 5.69 Å². The van der Waals surface area contributed by atoms with Crippen molar-refractivity contribution in [2.75, 3.05) is 11.9 Å². The van der Waals surface area contributed by atoms with Crippen molar-refractivity contribution in [3.05, 3.63) is 30.3 Å². The highest BCUT2D eigenvalue weighted by Gasteiger charge is 2.14. The molecule has 96 valence electrons. The number of esters is 1. The molecule has 1 aromatic rings. The fourth-order valence-electron chi connectivity index (χ4n) is 1.05. The molecule has 1 aromatic carbocycles. The van der Waals surface area contributed by atoms with E-state index < -0.39 is 11.9 Å². The zero-order valence-electron chi connectivity index (χ0n) is 9.73. The molecule has 0 bridgehead atoms. The van der Waals surface area contributed by atoms with Crippen LogP contribution in [0.5, 0.6) is 0 Å². The molecule has 1 amide bonds. The third-order valence-electron chi connectivity index (χ3n) is 1.78. The molecule has 0 heterocycles. The number of benzene rings is 1. The number of ether oxygens (including phenoxy) is 1. The van der Waals surface area contributed by atoms with Gasteiger partial charge in [0.25, 0.3) is 0 Å². The number of carbonyl (C=O) groups excluding carboxylic acids is 2. The minimum atomic E-state index is -0.965. The van der Waals surface area contributed by atoms with Crippen molar-refractivity contribution in [3.8, 4) is 0 Å². The molecule has 0 fully saturated rings. The summed E-state index contributed by atoms with van der Waals surface area (Å²) in [5.41, 5.74) is 5.27. The van der Waals surface area contributed by atoms with Gasteiger partial charge in [-0.1, -0.05) is 18.2 Å². The number of anilines is 1. The number of amides is 1. The Morgan fingerprint density at radius 3 is 2.50 bits per heavy atom. The van der Waals surface area contributed by atoms with Gasteiger partial charge in [0.1, 0.15) is 0 Å². The first-order valence-electron chi connectivity index (χ1n) is 5.22. The highest BCUT2D eigenvalue weighted by Crippen LogP contribution is 2.03. The van der Waals surface area contributed by atoms with Crippen LogP contribution < -0.4 is 16.2 Å². The summed E-state index contributed by atoms with van der Waals surface area (Å²) in [6.07, 6.45) is 0. The van der Waals surface area contributed by atoms with Crippen LogP contribution in [0.1, 0.15) is 6.92 Å². The summed E-state index contributed by atoms with van der Waals surface area (Å²) in [6, 6.07) is 9.15. The zero-order chi connectivity index (χ0) is 13.4. The Morgan fingerprint density at radius 1 is 1.22 bits per heavy atom. The van der Waals surface area contributed by atoms with Gasteiger partial charge in [-0.15, -0.1) is 0 Å². The average Bonchev–Trinajstić information content (AvgIpc) is 2.37. The van der Waals surface area contributed by atoms with Gasteiger partial charge in [0.05, 0.1) is 6.61 Å². The minimum Gasteiger partial charge on any atom is -0.459 e. The van der Waals surface area contributed by atoms with Crippen molar-refractivity contribution < 1.29 is 14.3 Å². The number of rotatable bonds is 2. The maximum absolute atomic E-state index is 11.2. The molecule has 0 aliphatic heterocycles. The predicted octanol–water partition coefficient (Wildman–Crippen LogP) is 0.567. The maximum Gasteiger partial charge on any atom is 0.398 e. The van der Waals surface area contributed by atoms with E-state index in [9.17, 15) is 9.59 Å². The molecule has 0 aliphatic rings. The number of hydrazine groups is 1. The van der Waals surface area contributed by atoms with Crippen LogP contribution in [-0.4, -0.2) is 23.6 Å². The van der Waals surface area contributed by atoms with Gasteiger partial charge in [-0.2, -0.15) is 0 Å². The molecule has 18 heavy (non-hydrogen) atoms. The molecule has 0 atom stereocenters. The standard InChI is InChI=1S/C11H13N3O3S/c1-2-17-10(16)9(15)13-14-11(18)12-8-6-4-3-5-7-8/h3-7H,2H2,1H3,(H,13,15)(H2,12,14,18). The van der Waals surface area contributed by atoms with Crippen LogP contribution in [0.15, 0.2) is 30.3 Å². The molecule has 0 unspecified atom stereocenters. The van der Waals surface area contributed by atoms with E-state index >= 15 is 0 Å². The Kier molecular flexibility index (Phi) is 5.59. The molecular weight excluding hydrogens is 254 g/mol. The van der Waals surface area contributed by atoms with Crippen molar-refractivity contribution in [2.45, 2.75) is 6.92 Å². The predicted molar refractivity (Wildman–Crippen MR) is 70.6 cm³/mol. The molecule has 7 heteroatoms. The van der Waals surface area contributed by atoms with E-state index in [1.165, 1.54) is 0 Å². The number of nitrogens with one attached hydrogen (secondary N) is 3. The van der Waals surface area contributed by atoms with Crippen molar-refractivity contribution >= 4 is 34.9 Å². The number of thiocarbonyl (C=S) groups is 1. The van der Waals surface area contributed by atoms with E-state index in [0.717, 1.165) is 5.69 Å². The van der Waals surface area contributed by atoms with Crippen molar-refractivity contribution in [1.29, 1.82) is 0 Å². The highest BCUT2D eigenvalue weighted by atomic mass is 32.1. The van der Waals surface area contributed by atoms with Gasteiger partial charge in [0.15, 0.2) is 5.11 Å². The van der Waals surface area contributed by atoms with Crippen LogP contribution in [0.25, 0.3) is 0 Å². The molecule has 0 saturated carbocycles. The Bertz CT molecular complexity index is 436. The Balaban J connectivity index is 2.33. The molecule has 1 rings (SSSR count). The number of para-hydroxylation sites is 1. The summed E-state index contributed by atoms with van der Waals surface area (Å²) in [7, 11) is 0. The van der Waals surface area contributed by atoms with E-state index in [1.54, 1.807) is 19.1 Å². The highest BCUT2D eigenvalue weighted by molar-refractivity contribution is 7.80. The van der Waals surface area contributed by atoms with Crippen molar-refractivity contribution in [3.63, 3.8) is 0 Å². The molecular formula is C11H13N3O3S. The van der Waals surface area contributed by atoms with E-state index in [2.05, 4.69) is 20.9 Å². The van der Waals surface area contributed by atoms with Crippen LogP contribution in [0.2, 0.25) is 0 Å². The second-order valence-corrected chi connectivity index (χ2v) is 3.53. The number of carbonyl (C=O) groups is 2. The van der Waals surface area contributed by atoms with E-state index in [0.29, 0.717) is 0 Å². The average molecular weight is 267 g/mol. The second-order valence-electron chi connectivity index (χ2n) is 3.12. The van der Waals surface area contributed by atoms with Gasteiger partial charge in [0, 0.05) is 5.69 Å². The molecule has 0 spiro atoms. The number of hydrogen-bond donors (Lipinski definition) is 3. The van der Waals surface area contributed by atoms with E-state index in [-0.39, 0.29) is 11.7 Å². The third kappa shape index (κ3) is 4.79. The lowest BCUT2D eigenvalue weighted by Crippen LogP contribution is -2.47. The van der Waals surface area contributed by atoms with Crippen molar-refractivity contribution in [2.24, 2.45) is 0 Å². The van der Waals surface area contributed by atoms with Crippen LogP contribution >= 0.6 is 12.2 Å². The second kappa shape index (κ2) is 7.23. The normalized spacial score (nSPS) is 9.17. The SMILES string of the molecule is CCOC(=O)C(=O)NNC(=S)Nc1ccccc1. The topological polar surface area (TPSA) is 79.5 Å². The smallest absolute Gasteiger partial charge is 0.398 e. The molecule has 0 saturated heterocycles. The van der Waals surface area contributed by atoms with Gasteiger partial charge in [0.2, 0.25) is 0 Å². The van der Waals surface area contributed by atoms with Crippen molar-refractivity contribution in [1.82, 2.24) is 10.9 Å². The van der Waals surface area contributed by atoms with Gasteiger partial charge in [-0.25, -0.2) is 4.79 Å². The molecule has 0 radical (unpaired) electrons.